The van der Waals surface area contributed by atoms with E-state index in [1.54, 1.807) is 12.0 Å². The highest BCUT2D eigenvalue weighted by Crippen LogP contribution is 2.37. The minimum Gasteiger partial charge on any atom is -0.497 e. The van der Waals surface area contributed by atoms with E-state index in [1.807, 2.05) is 30.5 Å². The first-order valence-electron chi connectivity index (χ1n) is 8.40. The van der Waals surface area contributed by atoms with Crippen molar-refractivity contribution in [1.82, 2.24) is 4.90 Å². The molecule has 0 saturated carbocycles. The van der Waals surface area contributed by atoms with Gasteiger partial charge in [0.15, 0.2) is 8.32 Å². The highest BCUT2D eigenvalue weighted by Gasteiger charge is 2.38. The Morgan fingerprint density at radius 3 is 2.38 bits per heavy atom. The van der Waals surface area contributed by atoms with Gasteiger partial charge < -0.3 is 14.1 Å². The number of amides is 1. The highest BCUT2D eigenvalue weighted by atomic mass is 28.4. The van der Waals surface area contributed by atoms with Crippen LogP contribution in [0.15, 0.2) is 30.5 Å². The van der Waals surface area contributed by atoms with E-state index in [0.717, 1.165) is 29.7 Å². The van der Waals surface area contributed by atoms with Gasteiger partial charge in [-0.05, 0) is 47.8 Å². The van der Waals surface area contributed by atoms with Gasteiger partial charge in [0.05, 0.1) is 19.8 Å². The number of ether oxygens (including phenoxy) is 1. The van der Waals surface area contributed by atoms with Gasteiger partial charge in [-0.2, -0.15) is 0 Å². The second kappa shape index (κ2) is 7.11. The van der Waals surface area contributed by atoms with Gasteiger partial charge in [0.1, 0.15) is 5.75 Å². The van der Waals surface area contributed by atoms with Gasteiger partial charge in [-0.1, -0.05) is 32.9 Å². The van der Waals surface area contributed by atoms with Gasteiger partial charge in [-0.3, -0.25) is 4.79 Å². The predicted octanol–water partition coefficient (Wildman–Crippen LogP) is 4.29. The quantitative estimate of drug-likeness (QED) is 0.569. The van der Waals surface area contributed by atoms with E-state index < -0.39 is 8.32 Å². The molecule has 24 heavy (non-hydrogen) atoms. The minimum atomic E-state index is -1.81. The van der Waals surface area contributed by atoms with Gasteiger partial charge in [-0.15, -0.1) is 0 Å². The second-order valence-corrected chi connectivity index (χ2v) is 12.7. The molecule has 0 N–H and O–H groups in total. The molecule has 1 atom stereocenters. The molecule has 132 valence electrons. The lowest BCUT2D eigenvalue weighted by Gasteiger charge is -2.37. The zero-order valence-electron chi connectivity index (χ0n) is 15.6. The van der Waals surface area contributed by atoms with Crippen LogP contribution in [0.5, 0.6) is 5.75 Å². The van der Waals surface area contributed by atoms with E-state index >= 15 is 0 Å². The van der Waals surface area contributed by atoms with Crippen LogP contribution >= 0.6 is 0 Å². The maximum absolute atomic E-state index is 11.4. The monoisotopic (exact) mass is 347 g/mol. The standard InChI is InChI=1S/C19H29NO3Si/c1-19(2,3)24(5,6)23-13-17-11-16(12-20(17)14-21)15-7-9-18(22-4)10-8-15/h7-10,12,14,17H,11,13H2,1-6H3. The molecule has 1 aromatic rings. The van der Waals surface area contributed by atoms with Gasteiger partial charge >= 0.3 is 0 Å². The number of carbonyl (C=O) groups excluding carboxylic acids is 1. The third kappa shape index (κ3) is 4.08. The summed E-state index contributed by atoms with van der Waals surface area (Å²) in [5.41, 5.74) is 2.28. The highest BCUT2D eigenvalue weighted by molar-refractivity contribution is 6.74. The van der Waals surface area contributed by atoms with Crippen molar-refractivity contribution in [2.45, 2.75) is 51.4 Å². The number of hydrogen-bond acceptors (Lipinski definition) is 3. The smallest absolute Gasteiger partial charge is 0.214 e. The van der Waals surface area contributed by atoms with Crippen LogP contribution in [-0.2, 0) is 9.22 Å². The molecule has 1 aromatic carbocycles. The van der Waals surface area contributed by atoms with Crippen LogP contribution in [0, 0.1) is 0 Å². The Bertz CT molecular complexity index is 602. The summed E-state index contributed by atoms with van der Waals surface area (Å²) in [5.74, 6) is 0.836. The van der Waals surface area contributed by atoms with Crippen LogP contribution in [0.3, 0.4) is 0 Å². The van der Waals surface area contributed by atoms with E-state index in [9.17, 15) is 4.79 Å². The van der Waals surface area contributed by atoms with E-state index in [2.05, 4.69) is 33.9 Å². The van der Waals surface area contributed by atoms with Crippen LogP contribution in [0.1, 0.15) is 32.8 Å². The fourth-order valence-electron chi connectivity index (χ4n) is 2.48. The van der Waals surface area contributed by atoms with Crippen molar-refractivity contribution in [2.75, 3.05) is 13.7 Å². The molecule has 4 nitrogen and oxygen atoms in total. The van der Waals surface area contributed by atoms with Crippen molar-refractivity contribution >= 4 is 20.3 Å². The molecule has 0 bridgehead atoms. The van der Waals surface area contributed by atoms with Crippen LogP contribution in [0.2, 0.25) is 18.1 Å². The van der Waals surface area contributed by atoms with Gasteiger partial charge in [0.2, 0.25) is 6.41 Å². The Balaban J connectivity index is 2.05. The maximum atomic E-state index is 11.4. The molecule has 1 unspecified atom stereocenters. The third-order valence-electron chi connectivity index (χ3n) is 5.21. The summed E-state index contributed by atoms with van der Waals surface area (Å²) in [5, 5.41) is 0.170. The molecule has 0 saturated heterocycles. The first-order chi connectivity index (χ1) is 11.2. The van der Waals surface area contributed by atoms with E-state index in [1.165, 1.54) is 0 Å². The number of methoxy groups -OCH3 is 1. The van der Waals surface area contributed by atoms with Crippen molar-refractivity contribution in [3.8, 4) is 5.75 Å². The van der Waals surface area contributed by atoms with Crippen molar-refractivity contribution in [2.24, 2.45) is 0 Å². The lowest BCUT2D eigenvalue weighted by Crippen LogP contribution is -2.44. The lowest BCUT2D eigenvalue weighted by atomic mass is 10.0. The molecule has 1 heterocycles. The van der Waals surface area contributed by atoms with Crippen LogP contribution < -0.4 is 4.74 Å². The van der Waals surface area contributed by atoms with Crippen molar-refractivity contribution in [1.29, 1.82) is 0 Å². The Hall–Kier alpha value is -1.59. The number of rotatable bonds is 6. The van der Waals surface area contributed by atoms with Crippen LogP contribution in [0.4, 0.5) is 0 Å². The third-order valence-corrected chi connectivity index (χ3v) is 9.71. The fraction of sp³-hybridized carbons (Fsp3) is 0.526. The van der Waals surface area contributed by atoms with Crippen LogP contribution in [-0.4, -0.2) is 39.4 Å². The maximum Gasteiger partial charge on any atom is 0.214 e. The van der Waals surface area contributed by atoms with Crippen LogP contribution in [0.25, 0.3) is 5.57 Å². The summed E-state index contributed by atoms with van der Waals surface area (Å²) in [6.07, 6.45) is 3.66. The Labute approximate surface area is 146 Å². The molecule has 0 fully saturated rings. The number of carbonyl (C=O) groups is 1. The molecule has 1 aliphatic rings. The second-order valence-electron chi connectivity index (χ2n) is 7.86. The predicted molar refractivity (Wildman–Crippen MR) is 100 cm³/mol. The largest absolute Gasteiger partial charge is 0.497 e. The molecule has 1 aliphatic heterocycles. The molecule has 0 radical (unpaired) electrons. The van der Waals surface area contributed by atoms with E-state index in [4.69, 9.17) is 9.16 Å². The summed E-state index contributed by atoms with van der Waals surface area (Å²) in [6, 6.07) is 8.03. The van der Waals surface area contributed by atoms with E-state index in [0.29, 0.717) is 6.61 Å². The zero-order valence-corrected chi connectivity index (χ0v) is 16.6. The van der Waals surface area contributed by atoms with Crippen molar-refractivity contribution in [3.63, 3.8) is 0 Å². The molecule has 0 aromatic heterocycles. The fourth-order valence-corrected chi connectivity index (χ4v) is 3.52. The molecular formula is C19H29NO3Si. The normalized spacial score (nSPS) is 18.5. The van der Waals surface area contributed by atoms with Gasteiger partial charge in [0, 0.05) is 6.20 Å². The summed E-state index contributed by atoms with van der Waals surface area (Å²) in [7, 11) is -0.152. The molecular weight excluding hydrogens is 318 g/mol. The average Bonchev–Trinajstić information content (AvgIpc) is 2.95. The van der Waals surface area contributed by atoms with Gasteiger partial charge in [-0.25, -0.2) is 0 Å². The van der Waals surface area contributed by atoms with Crippen molar-refractivity contribution in [3.05, 3.63) is 36.0 Å². The Morgan fingerprint density at radius 2 is 1.88 bits per heavy atom. The summed E-state index contributed by atoms with van der Waals surface area (Å²) >= 11 is 0. The summed E-state index contributed by atoms with van der Waals surface area (Å²) < 4.78 is 11.5. The van der Waals surface area contributed by atoms with Crippen molar-refractivity contribution < 1.29 is 14.0 Å². The summed E-state index contributed by atoms with van der Waals surface area (Å²) in [6.45, 7) is 11.8. The molecule has 0 spiro atoms. The number of nitrogens with zero attached hydrogens (tertiary/aromatic N) is 1. The first kappa shape index (κ1) is 18.7. The number of hydrogen-bond donors (Lipinski definition) is 0. The topological polar surface area (TPSA) is 38.8 Å². The number of benzene rings is 1. The minimum absolute atomic E-state index is 0.0775. The molecule has 5 heteroatoms. The first-order valence-corrected chi connectivity index (χ1v) is 11.3. The Kier molecular flexibility index (Phi) is 5.55. The molecule has 2 rings (SSSR count). The lowest BCUT2D eigenvalue weighted by molar-refractivity contribution is -0.117. The molecule has 1 amide bonds. The Morgan fingerprint density at radius 1 is 1.25 bits per heavy atom. The molecule has 0 aliphatic carbocycles. The van der Waals surface area contributed by atoms with Gasteiger partial charge in [0.25, 0.3) is 0 Å². The van der Waals surface area contributed by atoms with E-state index in [-0.39, 0.29) is 11.1 Å². The SMILES string of the molecule is COc1ccc(C2=CN(C=O)C(CO[Si](C)(C)C(C)(C)C)C2)cc1. The average molecular weight is 348 g/mol. The zero-order chi connectivity index (χ0) is 18.0. The summed E-state index contributed by atoms with van der Waals surface area (Å²) in [4.78, 5) is 13.2.